The first-order valence-electron chi connectivity index (χ1n) is 14.0. The highest BCUT2D eigenvalue weighted by molar-refractivity contribution is 7.86. The predicted molar refractivity (Wildman–Crippen MR) is 181 cm³/mol. The number of nitrogens with zero attached hydrogens (tertiary/aromatic N) is 4. The van der Waals surface area contributed by atoms with Crippen molar-refractivity contribution >= 4 is 65.9 Å². The summed E-state index contributed by atoms with van der Waals surface area (Å²) >= 11 is 0. The third kappa shape index (κ3) is 7.09. The Kier molecular flexibility index (Phi) is 8.57. The maximum absolute atomic E-state index is 12.4. The summed E-state index contributed by atoms with van der Waals surface area (Å²) in [6.07, 6.45) is 6.10. The number of fused-ring (bicyclic) bond motifs is 2. The van der Waals surface area contributed by atoms with Crippen molar-refractivity contribution in [3.8, 4) is 0 Å². The average Bonchev–Trinajstić information content (AvgIpc) is 3.07. The zero-order valence-electron chi connectivity index (χ0n) is 24.7. The van der Waals surface area contributed by atoms with Gasteiger partial charge in [-0.2, -0.15) is 21.9 Å². The molecule has 4 aromatic carbocycles. The first-order chi connectivity index (χ1) is 23.3. The maximum Gasteiger partial charge on any atom is 0.296 e. The summed E-state index contributed by atoms with van der Waals surface area (Å²) in [6.45, 7) is 0. The molecule has 0 aromatic heterocycles. The van der Waals surface area contributed by atoms with Gasteiger partial charge in [0.05, 0.1) is 38.3 Å². The van der Waals surface area contributed by atoms with Gasteiger partial charge >= 0.3 is 0 Å². The number of ketones is 1. The van der Waals surface area contributed by atoms with Crippen LogP contribution in [0.2, 0.25) is 0 Å². The number of hydrogen-bond acceptors (Lipinski definition) is 12. The topological polar surface area (TPSA) is 230 Å². The molecular weight excluding hydrogens is 677 g/mol. The van der Waals surface area contributed by atoms with Gasteiger partial charge in [-0.15, -0.1) is 10.2 Å². The molecule has 15 nitrogen and oxygen atoms in total. The van der Waals surface area contributed by atoms with Crippen molar-refractivity contribution in [3.05, 3.63) is 142 Å². The number of non-ortho nitro benzene ring substituents is 1. The number of hydrogen-bond donors (Lipinski definition) is 4. The van der Waals surface area contributed by atoms with Crippen LogP contribution in [-0.4, -0.2) is 53.8 Å². The van der Waals surface area contributed by atoms with Gasteiger partial charge in [0.1, 0.15) is 4.90 Å². The van der Waals surface area contributed by atoms with Gasteiger partial charge in [-0.3, -0.25) is 29.4 Å². The number of carbonyl (C=O) groups excluding carboxylic acids is 1. The number of nitrogens with one attached hydrogen (secondary N) is 2. The molecule has 246 valence electrons. The van der Waals surface area contributed by atoms with E-state index in [9.17, 15) is 40.8 Å². The minimum Gasteiger partial charge on any atom is -0.354 e. The van der Waals surface area contributed by atoms with Gasteiger partial charge in [-0.05, 0) is 72.8 Å². The molecule has 49 heavy (non-hydrogen) atoms. The van der Waals surface area contributed by atoms with Gasteiger partial charge in [0, 0.05) is 40.1 Å². The van der Waals surface area contributed by atoms with E-state index in [0.717, 1.165) is 18.2 Å². The fourth-order valence-electron chi connectivity index (χ4n) is 4.94. The summed E-state index contributed by atoms with van der Waals surface area (Å²) in [7, 11) is -9.28. The molecule has 4 aromatic rings. The lowest BCUT2D eigenvalue weighted by molar-refractivity contribution is -0.385. The van der Waals surface area contributed by atoms with E-state index in [4.69, 9.17) is 0 Å². The van der Waals surface area contributed by atoms with Crippen molar-refractivity contribution in [1.29, 1.82) is 0 Å². The van der Waals surface area contributed by atoms with Crippen LogP contribution in [0.15, 0.2) is 134 Å². The van der Waals surface area contributed by atoms with Gasteiger partial charge < -0.3 is 5.32 Å². The summed E-state index contributed by atoms with van der Waals surface area (Å²) < 4.78 is 66.1. The van der Waals surface area contributed by atoms with E-state index < -0.39 is 35.7 Å². The normalized spacial score (nSPS) is 16.4. The van der Waals surface area contributed by atoms with E-state index in [1.54, 1.807) is 36.4 Å². The number of nitro groups is 1. The van der Waals surface area contributed by atoms with E-state index in [1.807, 2.05) is 24.3 Å². The molecular formula is C32H22N6O9S2. The highest BCUT2D eigenvalue weighted by atomic mass is 32.2. The van der Waals surface area contributed by atoms with Crippen molar-refractivity contribution in [3.63, 3.8) is 0 Å². The maximum atomic E-state index is 12.4. The second-order valence-corrected chi connectivity index (χ2v) is 13.3. The zero-order chi connectivity index (χ0) is 34.9. The molecule has 17 heteroatoms. The van der Waals surface area contributed by atoms with Crippen LogP contribution in [0.1, 0.15) is 27.0 Å². The van der Waals surface area contributed by atoms with Gasteiger partial charge in [-0.1, -0.05) is 24.3 Å². The van der Waals surface area contributed by atoms with Crippen molar-refractivity contribution in [2.24, 2.45) is 15.3 Å². The smallest absolute Gasteiger partial charge is 0.296 e. The van der Waals surface area contributed by atoms with E-state index in [-0.39, 0.29) is 33.2 Å². The Bertz CT molecular complexity index is 2430. The lowest BCUT2D eigenvalue weighted by Gasteiger charge is -2.15. The van der Waals surface area contributed by atoms with Crippen molar-refractivity contribution in [2.45, 2.75) is 9.79 Å². The Morgan fingerprint density at radius 2 is 1.27 bits per heavy atom. The third-order valence-corrected chi connectivity index (χ3v) is 9.03. The van der Waals surface area contributed by atoms with Crippen LogP contribution in [0.5, 0.6) is 0 Å². The number of hydrazone groups is 1. The quantitative estimate of drug-likeness (QED) is 0.107. The molecule has 0 atom stereocenters. The monoisotopic (exact) mass is 698 g/mol. The minimum absolute atomic E-state index is 0.0549. The van der Waals surface area contributed by atoms with E-state index in [1.165, 1.54) is 30.4 Å². The molecule has 0 amide bonds. The third-order valence-electron chi connectivity index (χ3n) is 7.29. The highest BCUT2D eigenvalue weighted by Gasteiger charge is 2.23. The Labute approximate surface area is 278 Å². The SMILES string of the molecule is O=C1C=CC(=NN=C2C=CC(=NNc3ccc(Nc4ccc([N+](=O)[O-])cc4S(=O)(=O)O)cc3)c3ccccc32)c2cc(S(=O)(=O)O)ccc21. The van der Waals surface area contributed by atoms with Crippen LogP contribution < -0.4 is 10.7 Å². The predicted octanol–water partition coefficient (Wildman–Crippen LogP) is 5.16. The summed E-state index contributed by atoms with van der Waals surface area (Å²) in [5, 5.41) is 27.1. The fraction of sp³-hybridized carbons (Fsp3) is 0. The van der Waals surface area contributed by atoms with Crippen LogP contribution in [0.4, 0.5) is 22.7 Å². The summed E-state index contributed by atoms with van der Waals surface area (Å²) in [6, 6.07) is 20.5. The fourth-order valence-corrected chi connectivity index (χ4v) is 6.11. The van der Waals surface area contributed by atoms with Crippen LogP contribution in [0.3, 0.4) is 0 Å². The molecule has 0 saturated heterocycles. The van der Waals surface area contributed by atoms with Crippen molar-refractivity contribution in [1.82, 2.24) is 0 Å². The van der Waals surface area contributed by atoms with E-state index in [2.05, 4.69) is 26.0 Å². The number of carbonyl (C=O) groups is 1. The molecule has 0 fully saturated rings. The number of nitro benzene ring substituents is 1. The molecule has 6 rings (SSSR count). The minimum atomic E-state index is -4.76. The number of benzene rings is 4. The molecule has 0 aliphatic heterocycles. The summed E-state index contributed by atoms with van der Waals surface area (Å²) in [4.78, 5) is 21.6. The largest absolute Gasteiger partial charge is 0.354 e. The Balaban J connectivity index is 1.23. The standard InChI is InChI=1S/C32H22N6O9S2/c39-31-16-15-29(26-18-22(48(42,43)44)10-11-25(26)31)37-36-28-14-13-27(23-3-1-2-4-24(23)28)35-34-20-7-5-19(6-8-20)33-30-12-9-21(38(40)41)17-32(30)49(45,46)47/h1-18,33-34H,(H,42,43,44)(H,45,46,47). The lowest BCUT2D eigenvalue weighted by atomic mass is 9.94. The second-order valence-electron chi connectivity index (χ2n) is 10.5. The molecule has 0 saturated carbocycles. The molecule has 0 spiro atoms. The van der Waals surface area contributed by atoms with Crippen LogP contribution in [0.25, 0.3) is 0 Å². The first kappa shape index (κ1) is 32.8. The number of rotatable bonds is 8. The molecule has 2 aliphatic rings. The van der Waals surface area contributed by atoms with Gasteiger partial charge in [-0.25, -0.2) is 0 Å². The van der Waals surface area contributed by atoms with Crippen LogP contribution >= 0.6 is 0 Å². The molecule has 0 radical (unpaired) electrons. The van der Waals surface area contributed by atoms with Crippen LogP contribution in [-0.2, 0) is 20.2 Å². The van der Waals surface area contributed by atoms with Crippen LogP contribution in [0, 0.1) is 10.1 Å². The van der Waals surface area contributed by atoms with Gasteiger partial charge in [0.15, 0.2) is 5.78 Å². The van der Waals surface area contributed by atoms with Crippen molar-refractivity contribution < 1.29 is 35.7 Å². The molecule has 0 bridgehead atoms. The molecule has 2 aliphatic carbocycles. The molecule has 0 heterocycles. The highest BCUT2D eigenvalue weighted by Crippen LogP contribution is 2.30. The number of allylic oxidation sites excluding steroid dienone is 4. The molecule has 4 N–H and O–H groups in total. The summed E-state index contributed by atoms with van der Waals surface area (Å²) in [5.74, 6) is -0.346. The van der Waals surface area contributed by atoms with E-state index in [0.29, 0.717) is 33.9 Å². The second kappa shape index (κ2) is 12.8. The van der Waals surface area contributed by atoms with E-state index >= 15 is 0 Å². The average molecular weight is 699 g/mol. The summed E-state index contributed by atoms with van der Waals surface area (Å²) in [5.41, 5.74) is 6.46. The number of anilines is 3. The zero-order valence-corrected chi connectivity index (χ0v) is 26.4. The van der Waals surface area contributed by atoms with Crippen molar-refractivity contribution in [2.75, 3.05) is 10.7 Å². The lowest BCUT2D eigenvalue weighted by Crippen LogP contribution is -2.15. The first-order valence-corrected chi connectivity index (χ1v) is 16.9. The van der Waals surface area contributed by atoms with Gasteiger partial charge in [0.25, 0.3) is 25.9 Å². The molecule has 0 unspecified atom stereocenters. The Morgan fingerprint density at radius 3 is 1.92 bits per heavy atom. The Hall–Kier alpha value is -6.14. The Morgan fingerprint density at radius 1 is 0.653 bits per heavy atom. The van der Waals surface area contributed by atoms with Gasteiger partial charge in [0.2, 0.25) is 0 Å².